The molecule has 0 radical (unpaired) electrons. The van der Waals surface area contributed by atoms with Crippen LogP contribution in [0.2, 0.25) is 0 Å². The molecule has 1 nitrogen and oxygen atoms in total. The lowest BCUT2D eigenvalue weighted by atomic mass is 9.98. The molecule has 17 heavy (non-hydrogen) atoms. The Morgan fingerprint density at radius 2 is 2.18 bits per heavy atom. The van der Waals surface area contributed by atoms with Crippen LogP contribution in [0.1, 0.15) is 39.0 Å². The van der Waals surface area contributed by atoms with Gasteiger partial charge in [-0.15, -0.1) is 13.2 Å². The molecule has 1 rings (SSSR count). The van der Waals surface area contributed by atoms with Crippen LogP contribution in [-0.4, -0.2) is 24.5 Å². The van der Waals surface area contributed by atoms with E-state index in [4.69, 9.17) is 0 Å². The van der Waals surface area contributed by atoms with E-state index in [1.54, 1.807) is 5.57 Å². The summed E-state index contributed by atoms with van der Waals surface area (Å²) < 4.78 is 0. The van der Waals surface area contributed by atoms with E-state index < -0.39 is 0 Å². The predicted molar refractivity (Wildman–Crippen MR) is 77.2 cm³/mol. The van der Waals surface area contributed by atoms with Crippen molar-refractivity contribution < 1.29 is 0 Å². The summed E-state index contributed by atoms with van der Waals surface area (Å²) in [5.41, 5.74) is 1.55. The highest BCUT2D eigenvalue weighted by Crippen LogP contribution is 2.17. The van der Waals surface area contributed by atoms with E-state index in [2.05, 4.69) is 37.1 Å². The largest absolute Gasteiger partial charge is 0.302 e. The van der Waals surface area contributed by atoms with Crippen LogP contribution >= 0.6 is 0 Å². The normalized spacial score (nSPS) is 19.2. The standard InChI is InChI=1S/C16H27N/c1-4-6-10-16(8-5-2)14-17-12-7-9-15(3)11-13-17/h4-5,9,16H,1-2,6-8,10-14H2,3H3. The maximum Gasteiger partial charge on any atom is 0.00187 e. The Morgan fingerprint density at radius 1 is 1.35 bits per heavy atom. The average molecular weight is 233 g/mol. The van der Waals surface area contributed by atoms with Gasteiger partial charge in [-0.25, -0.2) is 0 Å². The maximum absolute atomic E-state index is 3.88. The number of hydrogen-bond acceptors (Lipinski definition) is 1. The molecule has 1 atom stereocenters. The highest BCUT2D eigenvalue weighted by molar-refractivity contribution is 5.01. The topological polar surface area (TPSA) is 3.24 Å². The fourth-order valence-corrected chi connectivity index (χ4v) is 2.46. The average Bonchev–Trinajstić information content (AvgIpc) is 2.52. The first-order chi connectivity index (χ1) is 8.26. The second kappa shape index (κ2) is 8.30. The van der Waals surface area contributed by atoms with Gasteiger partial charge in [0.25, 0.3) is 0 Å². The molecule has 1 unspecified atom stereocenters. The Hall–Kier alpha value is -0.820. The van der Waals surface area contributed by atoms with Crippen LogP contribution in [0.5, 0.6) is 0 Å². The van der Waals surface area contributed by atoms with Gasteiger partial charge in [0.1, 0.15) is 0 Å². The summed E-state index contributed by atoms with van der Waals surface area (Å²) in [7, 11) is 0. The molecule has 1 aliphatic heterocycles. The molecule has 0 aromatic carbocycles. The van der Waals surface area contributed by atoms with Crippen LogP contribution in [0.4, 0.5) is 0 Å². The van der Waals surface area contributed by atoms with Crippen LogP contribution in [0, 0.1) is 5.92 Å². The van der Waals surface area contributed by atoms with Crippen LogP contribution < -0.4 is 0 Å². The number of allylic oxidation sites excluding steroid dienone is 2. The summed E-state index contributed by atoms with van der Waals surface area (Å²) in [6.45, 7) is 13.6. The van der Waals surface area contributed by atoms with Crippen LogP contribution in [-0.2, 0) is 0 Å². The van der Waals surface area contributed by atoms with Crippen molar-refractivity contribution >= 4 is 0 Å². The Bertz CT molecular complexity index is 265. The fourth-order valence-electron chi connectivity index (χ4n) is 2.46. The molecule has 0 aromatic heterocycles. The fraction of sp³-hybridized carbons (Fsp3) is 0.625. The van der Waals surface area contributed by atoms with Gasteiger partial charge in [0.05, 0.1) is 0 Å². The van der Waals surface area contributed by atoms with Gasteiger partial charge in [-0.1, -0.05) is 23.8 Å². The molecule has 0 aromatic rings. The third-order valence-electron chi connectivity index (χ3n) is 3.56. The van der Waals surface area contributed by atoms with E-state index in [0.29, 0.717) is 0 Å². The van der Waals surface area contributed by atoms with Gasteiger partial charge >= 0.3 is 0 Å². The SMILES string of the molecule is C=CCCC(CC=C)CN1CCC=C(C)CC1. The zero-order chi connectivity index (χ0) is 12.5. The lowest BCUT2D eigenvalue weighted by Crippen LogP contribution is -2.30. The van der Waals surface area contributed by atoms with Crippen molar-refractivity contribution in [2.24, 2.45) is 5.92 Å². The monoisotopic (exact) mass is 233 g/mol. The molecule has 0 saturated heterocycles. The summed E-state index contributed by atoms with van der Waals surface area (Å²) in [5, 5.41) is 0. The second-order valence-electron chi connectivity index (χ2n) is 5.15. The number of hydrogen-bond donors (Lipinski definition) is 0. The van der Waals surface area contributed by atoms with Crippen molar-refractivity contribution in [2.45, 2.75) is 39.0 Å². The highest BCUT2D eigenvalue weighted by atomic mass is 15.1. The molecule has 0 spiro atoms. The molecule has 0 aliphatic carbocycles. The van der Waals surface area contributed by atoms with Crippen molar-refractivity contribution in [1.82, 2.24) is 4.90 Å². The van der Waals surface area contributed by atoms with Gasteiger partial charge in [-0.2, -0.15) is 0 Å². The first kappa shape index (κ1) is 14.2. The van der Waals surface area contributed by atoms with E-state index in [0.717, 1.165) is 18.8 Å². The van der Waals surface area contributed by atoms with E-state index in [1.807, 2.05) is 6.08 Å². The summed E-state index contributed by atoms with van der Waals surface area (Å²) in [4.78, 5) is 2.62. The summed E-state index contributed by atoms with van der Waals surface area (Å²) in [6.07, 6.45) is 12.5. The van der Waals surface area contributed by atoms with Gasteiger partial charge < -0.3 is 4.90 Å². The maximum atomic E-state index is 3.88. The van der Waals surface area contributed by atoms with E-state index in [9.17, 15) is 0 Å². The minimum Gasteiger partial charge on any atom is -0.302 e. The lowest BCUT2D eigenvalue weighted by molar-refractivity contribution is 0.235. The minimum absolute atomic E-state index is 0.754. The first-order valence-corrected chi connectivity index (χ1v) is 6.86. The highest BCUT2D eigenvalue weighted by Gasteiger charge is 2.14. The lowest BCUT2D eigenvalue weighted by Gasteiger charge is -2.25. The second-order valence-corrected chi connectivity index (χ2v) is 5.15. The number of nitrogens with zero attached hydrogens (tertiary/aromatic N) is 1. The third kappa shape index (κ3) is 5.88. The van der Waals surface area contributed by atoms with Gasteiger partial charge in [0, 0.05) is 19.6 Å². The van der Waals surface area contributed by atoms with Crippen molar-refractivity contribution in [3.8, 4) is 0 Å². The molecule has 1 heterocycles. The van der Waals surface area contributed by atoms with Crippen molar-refractivity contribution in [3.63, 3.8) is 0 Å². The van der Waals surface area contributed by atoms with Crippen LogP contribution in [0.3, 0.4) is 0 Å². The molecule has 0 N–H and O–H groups in total. The molecular formula is C16H27N. The summed E-state index contributed by atoms with van der Waals surface area (Å²) in [5.74, 6) is 0.754. The molecule has 0 amide bonds. The Kier molecular flexibility index (Phi) is 6.95. The predicted octanol–water partition coefficient (Wildman–Crippen LogP) is 4.19. The van der Waals surface area contributed by atoms with Crippen molar-refractivity contribution in [1.29, 1.82) is 0 Å². The molecule has 0 bridgehead atoms. The van der Waals surface area contributed by atoms with E-state index >= 15 is 0 Å². The molecule has 0 saturated carbocycles. The zero-order valence-corrected chi connectivity index (χ0v) is 11.3. The van der Waals surface area contributed by atoms with Gasteiger partial charge in [0.2, 0.25) is 0 Å². The Balaban J connectivity index is 2.37. The van der Waals surface area contributed by atoms with Gasteiger partial charge in [0.15, 0.2) is 0 Å². The summed E-state index contributed by atoms with van der Waals surface area (Å²) >= 11 is 0. The molecule has 1 heteroatoms. The third-order valence-corrected chi connectivity index (χ3v) is 3.56. The Morgan fingerprint density at radius 3 is 2.88 bits per heavy atom. The smallest absolute Gasteiger partial charge is 0.00187 e. The zero-order valence-electron chi connectivity index (χ0n) is 11.3. The minimum atomic E-state index is 0.754. The van der Waals surface area contributed by atoms with Crippen LogP contribution in [0.15, 0.2) is 37.0 Å². The van der Waals surface area contributed by atoms with E-state index in [1.165, 1.54) is 38.9 Å². The van der Waals surface area contributed by atoms with Crippen molar-refractivity contribution in [2.75, 3.05) is 19.6 Å². The molecule has 96 valence electrons. The van der Waals surface area contributed by atoms with Crippen LogP contribution in [0.25, 0.3) is 0 Å². The summed E-state index contributed by atoms with van der Waals surface area (Å²) in [6, 6.07) is 0. The first-order valence-electron chi connectivity index (χ1n) is 6.86. The van der Waals surface area contributed by atoms with Crippen molar-refractivity contribution in [3.05, 3.63) is 37.0 Å². The van der Waals surface area contributed by atoms with Gasteiger partial charge in [-0.3, -0.25) is 0 Å². The quantitative estimate of drug-likeness (QED) is 0.596. The van der Waals surface area contributed by atoms with Gasteiger partial charge in [-0.05, 0) is 44.9 Å². The number of rotatable bonds is 7. The molecule has 1 aliphatic rings. The Labute approximate surface area is 107 Å². The molecule has 0 fully saturated rings. The van der Waals surface area contributed by atoms with E-state index in [-0.39, 0.29) is 0 Å². The molecular weight excluding hydrogens is 206 g/mol.